The molecule has 0 aromatic rings. The van der Waals surface area contributed by atoms with Crippen LogP contribution in [0.25, 0.3) is 0 Å². The molecule has 0 saturated heterocycles. The molecule has 0 aliphatic carbocycles. The van der Waals surface area contributed by atoms with Gasteiger partial charge in [-0.25, -0.2) is 9.79 Å². The molecule has 0 aliphatic heterocycles. The summed E-state index contributed by atoms with van der Waals surface area (Å²) in [5.74, 6) is 2.65. The average molecular weight is 196 g/mol. The molecule has 78 valence electrons. The van der Waals surface area contributed by atoms with Crippen molar-refractivity contribution in [2.24, 2.45) is 4.99 Å². The summed E-state index contributed by atoms with van der Waals surface area (Å²) in [7, 11) is 1.62. The lowest BCUT2D eigenvalue weighted by Gasteiger charge is -2.23. The van der Waals surface area contributed by atoms with Gasteiger partial charge < -0.3 is 9.64 Å². The normalized spacial score (nSPS) is 9.71. The maximum Gasteiger partial charge on any atom is 0.410 e. The molecule has 0 spiro atoms. The fraction of sp³-hybridized carbons (Fsp3) is 0.600. The van der Waals surface area contributed by atoms with Crippen molar-refractivity contribution >= 4 is 12.8 Å². The van der Waals surface area contributed by atoms with E-state index in [0.717, 1.165) is 0 Å². The monoisotopic (exact) mass is 196 g/mol. The van der Waals surface area contributed by atoms with E-state index in [0.29, 0.717) is 0 Å². The van der Waals surface area contributed by atoms with E-state index >= 15 is 0 Å². The van der Waals surface area contributed by atoms with Crippen molar-refractivity contribution in [2.45, 2.75) is 26.4 Å². The Morgan fingerprint density at radius 1 is 1.57 bits per heavy atom. The summed E-state index contributed by atoms with van der Waals surface area (Å²) in [5, 5.41) is 0. The Morgan fingerprint density at radius 2 is 2.14 bits per heavy atom. The van der Waals surface area contributed by atoms with Gasteiger partial charge in [0, 0.05) is 19.8 Å². The van der Waals surface area contributed by atoms with Crippen molar-refractivity contribution in [3.63, 3.8) is 0 Å². The maximum absolute atomic E-state index is 11.3. The van der Waals surface area contributed by atoms with E-state index in [1.807, 2.05) is 20.8 Å². The average Bonchev–Trinajstić information content (AvgIpc) is 2.01. The number of hydrogen-bond donors (Lipinski definition) is 0. The van der Waals surface area contributed by atoms with Crippen molar-refractivity contribution in [2.75, 3.05) is 13.6 Å². The lowest BCUT2D eigenvalue weighted by atomic mass is 10.2. The molecule has 0 fully saturated rings. The highest BCUT2D eigenvalue weighted by atomic mass is 16.6. The minimum Gasteiger partial charge on any atom is -0.444 e. The Morgan fingerprint density at radius 3 is 2.57 bits per heavy atom. The van der Waals surface area contributed by atoms with E-state index in [1.54, 1.807) is 7.05 Å². The fourth-order valence-corrected chi connectivity index (χ4v) is 0.614. The van der Waals surface area contributed by atoms with Gasteiger partial charge in [0.1, 0.15) is 5.60 Å². The van der Waals surface area contributed by atoms with E-state index in [1.165, 1.54) is 4.90 Å². The number of rotatable bonds is 1. The molecule has 0 saturated carbocycles. The van der Waals surface area contributed by atoms with E-state index < -0.39 is 11.7 Å². The molecule has 0 bridgehead atoms. The molecule has 0 heterocycles. The van der Waals surface area contributed by atoms with Gasteiger partial charge in [0.25, 0.3) is 0 Å². The molecular formula is C10H16N2O2. The van der Waals surface area contributed by atoms with Gasteiger partial charge in [-0.1, -0.05) is 5.92 Å². The Labute approximate surface area is 85.0 Å². The van der Waals surface area contributed by atoms with Gasteiger partial charge in [0.2, 0.25) is 0 Å². The van der Waals surface area contributed by atoms with Crippen LogP contribution in [0, 0.1) is 12.0 Å². The highest BCUT2D eigenvalue weighted by Gasteiger charge is 2.18. The Bertz CT molecular complexity index is 268. The van der Waals surface area contributed by atoms with Crippen LogP contribution >= 0.6 is 0 Å². The van der Waals surface area contributed by atoms with Crippen LogP contribution < -0.4 is 0 Å². The fourth-order valence-electron chi connectivity index (χ4n) is 0.614. The van der Waals surface area contributed by atoms with Gasteiger partial charge in [-0.3, -0.25) is 0 Å². The van der Waals surface area contributed by atoms with Crippen molar-refractivity contribution in [3.05, 3.63) is 0 Å². The SMILES string of the molecule is C=NC#CCN(C)C(=O)OC(C)(C)C. The van der Waals surface area contributed by atoms with Crippen LogP contribution in [0.1, 0.15) is 20.8 Å². The van der Waals surface area contributed by atoms with Crippen LogP contribution in [0.15, 0.2) is 4.99 Å². The van der Waals surface area contributed by atoms with E-state index in [2.05, 4.69) is 23.7 Å². The first-order valence-corrected chi connectivity index (χ1v) is 4.24. The second kappa shape index (κ2) is 5.28. The van der Waals surface area contributed by atoms with Crippen LogP contribution in [0.4, 0.5) is 4.79 Å². The molecule has 4 heteroatoms. The first-order valence-electron chi connectivity index (χ1n) is 4.24. The number of hydrogen-bond acceptors (Lipinski definition) is 3. The lowest BCUT2D eigenvalue weighted by Crippen LogP contribution is -2.34. The summed E-state index contributed by atoms with van der Waals surface area (Å²) in [4.78, 5) is 16.1. The molecule has 0 rings (SSSR count). The van der Waals surface area contributed by atoms with E-state index in [-0.39, 0.29) is 6.54 Å². The zero-order valence-electron chi connectivity index (χ0n) is 9.13. The van der Waals surface area contributed by atoms with Crippen LogP contribution in [0.3, 0.4) is 0 Å². The van der Waals surface area contributed by atoms with Gasteiger partial charge in [-0.15, -0.1) is 0 Å². The minimum absolute atomic E-state index is 0.286. The molecule has 1 amide bonds. The Hall–Kier alpha value is -1.50. The number of carbonyl (C=O) groups is 1. The highest BCUT2D eigenvalue weighted by molar-refractivity contribution is 5.68. The summed E-state index contributed by atoms with van der Waals surface area (Å²) < 4.78 is 5.10. The van der Waals surface area contributed by atoms with Crippen molar-refractivity contribution < 1.29 is 9.53 Å². The first-order chi connectivity index (χ1) is 6.37. The Kier molecular flexibility index (Phi) is 4.71. The molecule has 0 atom stereocenters. The molecule has 4 nitrogen and oxygen atoms in total. The van der Waals surface area contributed by atoms with Gasteiger partial charge in [-0.2, -0.15) is 0 Å². The van der Waals surface area contributed by atoms with E-state index in [4.69, 9.17) is 4.74 Å². The smallest absolute Gasteiger partial charge is 0.410 e. The third-order valence-electron chi connectivity index (χ3n) is 1.18. The molecule has 0 aliphatic rings. The largest absolute Gasteiger partial charge is 0.444 e. The molecule has 0 aromatic heterocycles. The van der Waals surface area contributed by atoms with Gasteiger partial charge in [0.15, 0.2) is 0 Å². The quantitative estimate of drug-likeness (QED) is 0.471. The van der Waals surface area contributed by atoms with Crippen LogP contribution in [0.2, 0.25) is 0 Å². The zero-order valence-corrected chi connectivity index (χ0v) is 9.13. The van der Waals surface area contributed by atoms with Crippen molar-refractivity contribution in [1.29, 1.82) is 0 Å². The van der Waals surface area contributed by atoms with Crippen molar-refractivity contribution in [1.82, 2.24) is 4.90 Å². The molecule has 0 aromatic carbocycles. The maximum atomic E-state index is 11.3. The number of amides is 1. The molecule has 0 unspecified atom stereocenters. The number of nitrogens with zero attached hydrogens (tertiary/aromatic N) is 2. The lowest BCUT2D eigenvalue weighted by molar-refractivity contribution is 0.0321. The molecule has 0 radical (unpaired) electrons. The highest BCUT2D eigenvalue weighted by Crippen LogP contribution is 2.08. The predicted octanol–water partition coefficient (Wildman–Crippen LogP) is 1.51. The first kappa shape index (κ1) is 12.5. The zero-order chi connectivity index (χ0) is 11.2. The summed E-state index contributed by atoms with van der Waals surface area (Å²) in [5.41, 5.74) is -0.477. The molecule has 14 heavy (non-hydrogen) atoms. The van der Waals surface area contributed by atoms with E-state index in [9.17, 15) is 4.79 Å². The second-order valence-corrected chi connectivity index (χ2v) is 3.78. The van der Waals surface area contributed by atoms with Gasteiger partial charge in [-0.05, 0) is 20.8 Å². The van der Waals surface area contributed by atoms with Gasteiger partial charge >= 0.3 is 6.09 Å². The van der Waals surface area contributed by atoms with Crippen LogP contribution in [0.5, 0.6) is 0 Å². The molecular weight excluding hydrogens is 180 g/mol. The second-order valence-electron chi connectivity index (χ2n) is 3.78. The van der Waals surface area contributed by atoms with Crippen molar-refractivity contribution in [3.8, 4) is 12.0 Å². The summed E-state index contributed by atoms with van der Waals surface area (Å²) in [6.45, 7) is 8.93. The third kappa shape index (κ3) is 6.06. The minimum atomic E-state index is -0.477. The number of carbonyl (C=O) groups excluding carboxylic acids is 1. The topological polar surface area (TPSA) is 41.9 Å². The number of ether oxygens (including phenoxy) is 1. The summed E-state index contributed by atoms with van der Waals surface area (Å²) in [6, 6.07) is 2.41. The van der Waals surface area contributed by atoms with Crippen LogP contribution in [-0.2, 0) is 4.74 Å². The standard InChI is InChI=1S/C10H16N2O2/c1-10(2,3)14-9(13)12(5)8-6-7-11-4/h4,8H2,1-3,5H3. The predicted molar refractivity (Wildman–Crippen MR) is 56.2 cm³/mol. The summed E-state index contributed by atoms with van der Waals surface area (Å²) >= 11 is 0. The van der Waals surface area contributed by atoms with Gasteiger partial charge in [0.05, 0.1) is 6.54 Å². The molecule has 0 N–H and O–H groups in total. The Balaban J connectivity index is 4.06. The summed E-state index contributed by atoms with van der Waals surface area (Å²) in [6.07, 6.45) is -0.393. The third-order valence-corrected chi connectivity index (χ3v) is 1.18. The number of aliphatic imine (C=N–C) groups is 1. The van der Waals surface area contributed by atoms with Crippen LogP contribution in [-0.4, -0.2) is 36.9 Å².